The van der Waals surface area contributed by atoms with Crippen LogP contribution in [0, 0.1) is 0 Å². The summed E-state index contributed by atoms with van der Waals surface area (Å²) in [6.07, 6.45) is 30.4. The Morgan fingerprint density at radius 3 is 1.52 bits per heavy atom. The van der Waals surface area contributed by atoms with Gasteiger partial charge in [0.1, 0.15) is 6.10 Å². The van der Waals surface area contributed by atoms with Crippen LogP contribution in [0.5, 0.6) is 0 Å². The van der Waals surface area contributed by atoms with Crippen molar-refractivity contribution in [3.05, 3.63) is 0 Å². The van der Waals surface area contributed by atoms with Gasteiger partial charge in [0.25, 0.3) is 0 Å². The summed E-state index contributed by atoms with van der Waals surface area (Å²) in [7, 11) is 0. The maximum absolute atomic E-state index is 12.3. The van der Waals surface area contributed by atoms with Crippen LogP contribution in [0.3, 0.4) is 0 Å². The summed E-state index contributed by atoms with van der Waals surface area (Å²) in [6.45, 7) is 10.2. The standard InChI is InChI=1S/C38H75NO5/c1-4-7-9-11-13-21-27-35-43-37(41)29-23-17-14-19-25-31-39(33-34-40)32-26-20-15-18-24-30-38(42)44-36(6-3)28-22-16-12-10-8-5-2/h36,40H,4-35H2,1-3H3. The average molecular weight is 626 g/mol. The largest absolute Gasteiger partial charge is 0.466 e. The number of ether oxygens (including phenoxy) is 2. The fourth-order valence-electron chi connectivity index (χ4n) is 5.81. The normalized spacial score (nSPS) is 12.1. The Labute approximate surface area is 273 Å². The fraction of sp³-hybridized carbons (Fsp3) is 0.947. The van der Waals surface area contributed by atoms with E-state index in [2.05, 4.69) is 25.7 Å². The molecule has 0 aliphatic carbocycles. The first kappa shape index (κ1) is 42.9. The van der Waals surface area contributed by atoms with Gasteiger partial charge in [-0.05, 0) is 64.5 Å². The Morgan fingerprint density at radius 2 is 1.00 bits per heavy atom. The maximum atomic E-state index is 12.3. The second kappa shape index (κ2) is 34.7. The topological polar surface area (TPSA) is 76.1 Å². The predicted molar refractivity (Wildman–Crippen MR) is 186 cm³/mol. The van der Waals surface area contributed by atoms with E-state index in [0.29, 0.717) is 19.4 Å². The van der Waals surface area contributed by atoms with E-state index in [4.69, 9.17) is 9.47 Å². The molecule has 0 aromatic carbocycles. The highest BCUT2D eigenvalue weighted by molar-refractivity contribution is 5.69. The molecule has 0 rings (SSSR count). The van der Waals surface area contributed by atoms with Crippen LogP contribution in [0.25, 0.3) is 0 Å². The van der Waals surface area contributed by atoms with Crippen molar-refractivity contribution in [2.24, 2.45) is 0 Å². The highest BCUT2D eigenvalue weighted by Gasteiger charge is 2.12. The summed E-state index contributed by atoms with van der Waals surface area (Å²) in [5.74, 6) is -0.0512. The number of carbonyl (C=O) groups excluding carboxylic acids is 2. The van der Waals surface area contributed by atoms with Gasteiger partial charge in [-0.1, -0.05) is 130 Å². The number of rotatable bonds is 35. The number of esters is 2. The van der Waals surface area contributed by atoms with Gasteiger partial charge in [0.2, 0.25) is 0 Å². The maximum Gasteiger partial charge on any atom is 0.306 e. The molecule has 0 heterocycles. The Balaban J connectivity index is 3.68. The molecule has 0 aliphatic rings. The van der Waals surface area contributed by atoms with Crippen molar-refractivity contribution in [1.29, 1.82) is 0 Å². The molecule has 1 unspecified atom stereocenters. The van der Waals surface area contributed by atoms with Crippen molar-refractivity contribution in [1.82, 2.24) is 4.90 Å². The summed E-state index contributed by atoms with van der Waals surface area (Å²) >= 11 is 0. The van der Waals surface area contributed by atoms with Crippen molar-refractivity contribution < 1.29 is 24.2 Å². The minimum absolute atomic E-state index is 0.0179. The van der Waals surface area contributed by atoms with Gasteiger partial charge in [0, 0.05) is 19.4 Å². The number of hydrogen-bond acceptors (Lipinski definition) is 6. The summed E-state index contributed by atoms with van der Waals surface area (Å²) in [6, 6.07) is 0. The lowest BCUT2D eigenvalue weighted by Crippen LogP contribution is -2.29. The molecule has 0 fully saturated rings. The molecule has 44 heavy (non-hydrogen) atoms. The van der Waals surface area contributed by atoms with Crippen LogP contribution in [0.2, 0.25) is 0 Å². The number of hydrogen-bond donors (Lipinski definition) is 1. The molecule has 1 N–H and O–H groups in total. The SMILES string of the molecule is CCCCCCCCCOC(=O)CCCCCCCN(CCO)CCCCCCCC(=O)OC(CC)CCCCCCCC. The van der Waals surface area contributed by atoms with Crippen LogP contribution in [0.15, 0.2) is 0 Å². The third kappa shape index (κ3) is 30.9. The van der Waals surface area contributed by atoms with Crippen molar-refractivity contribution in [3.8, 4) is 0 Å². The van der Waals surface area contributed by atoms with Crippen LogP contribution in [0.4, 0.5) is 0 Å². The summed E-state index contributed by atoms with van der Waals surface area (Å²) in [5, 5.41) is 9.46. The molecule has 0 bridgehead atoms. The molecule has 0 aromatic heterocycles. The first-order chi connectivity index (χ1) is 21.6. The van der Waals surface area contributed by atoms with Crippen LogP contribution >= 0.6 is 0 Å². The van der Waals surface area contributed by atoms with Gasteiger partial charge < -0.3 is 19.5 Å². The summed E-state index contributed by atoms with van der Waals surface area (Å²) in [4.78, 5) is 26.6. The number of nitrogens with zero attached hydrogens (tertiary/aromatic N) is 1. The Hall–Kier alpha value is -1.14. The zero-order valence-corrected chi connectivity index (χ0v) is 29.7. The molecule has 1 atom stereocenters. The molecule has 262 valence electrons. The second-order valence-electron chi connectivity index (χ2n) is 13.0. The Morgan fingerprint density at radius 1 is 0.545 bits per heavy atom. The molecular weight excluding hydrogens is 550 g/mol. The van der Waals surface area contributed by atoms with Gasteiger partial charge in [-0.2, -0.15) is 0 Å². The van der Waals surface area contributed by atoms with Crippen molar-refractivity contribution in [3.63, 3.8) is 0 Å². The predicted octanol–water partition coefficient (Wildman–Crippen LogP) is 10.3. The molecule has 0 amide bonds. The molecule has 0 saturated heterocycles. The van der Waals surface area contributed by atoms with E-state index in [1.54, 1.807) is 0 Å². The van der Waals surface area contributed by atoms with Gasteiger partial charge in [-0.15, -0.1) is 0 Å². The third-order valence-corrected chi connectivity index (χ3v) is 8.77. The molecule has 0 aliphatic heterocycles. The van der Waals surface area contributed by atoms with Crippen LogP contribution in [0.1, 0.15) is 194 Å². The number of unbranched alkanes of at least 4 members (excludes halogenated alkanes) is 19. The van der Waals surface area contributed by atoms with Crippen LogP contribution in [-0.2, 0) is 19.1 Å². The number of carbonyl (C=O) groups is 2. The molecule has 6 nitrogen and oxygen atoms in total. The van der Waals surface area contributed by atoms with E-state index >= 15 is 0 Å². The average Bonchev–Trinajstić information content (AvgIpc) is 3.02. The minimum Gasteiger partial charge on any atom is -0.466 e. The van der Waals surface area contributed by atoms with Crippen molar-refractivity contribution in [2.75, 3.05) is 32.8 Å². The zero-order chi connectivity index (χ0) is 32.4. The van der Waals surface area contributed by atoms with Crippen LogP contribution < -0.4 is 0 Å². The van der Waals surface area contributed by atoms with Gasteiger partial charge in [0.15, 0.2) is 0 Å². The smallest absolute Gasteiger partial charge is 0.306 e. The lowest BCUT2D eigenvalue weighted by Gasteiger charge is -2.21. The van der Waals surface area contributed by atoms with Crippen molar-refractivity contribution in [2.45, 2.75) is 200 Å². The number of aliphatic hydroxyl groups is 1. The lowest BCUT2D eigenvalue weighted by molar-refractivity contribution is -0.149. The van der Waals surface area contributed by atoms with Crippen molar-refractivity contribution >= 4 is 11.9 Å². The van der Waals surface area contributed by atoms with E-state index in [1.807, 2.05) is 0 Å². The Bertz CT molecular complexity index is 614. The molecule has 0 radical (unpaired) electrons. The van der Waals surface area contributed by atoms with Crippen LogP contribution in [-0.4, -0.2) is 60.9 Å². The number of aliphatic hydroxyl groups excluding tert-OH is 1. The van der Waals surface area contributed by atoms with E-state index in [0.717, 1.165) is 90.3 Å². The van der Waals surface area contributed by atoms with E-state index < -0.39 is 0 Å². The molecule has 0 spiro atoms. The highest BCUT2D eigenvalue weighted by atomic mass is 16.5. The van der Waals surface area contributed by atoms with Gasteiger partial charge >= 0.3 is 11.9 Å². The minimum atomic E-state index is -0.0334. The summed E-state index contributed by atoms with van der Waals surface area (Å²) in [5.41, 5.74) is 0. The lowest BCUT2D eigenvalue weighted by atomic mass is 10.1. The van der Waals surface area contributed by atoms with Gasteiger partial charge in [0.05, 0.1) is 13.2 Å². The first-order valence-electron chi connectivity index (χ1n) is 19.3. The van der Waals surface area contributed by atoms with E-state index in [9.17, 15) is 14.7 Å². The summed E-state index contributed by atoms with van der Waals surface area (Å²) < 4.78 is 11.1. The Kier molecular flexibility index (Phi) is 33.8. The second-order valence-corrected chi connectivity index (χ2v) is 13.0. The molecule has 0 aromatic rings. The van der Waals surface area contributed by atoms with E-state index in [-0.39, 0.29) is 24.6 Å². The molecular formula is C38H75NO5. The first-order valence-corrected chi connectivity index (χ1v) is 19.3. The molecule has 0 saturated carbocycles. The third-order valence-electron chi connectivity index (χ3n) is 8.77. The quantitative estimate of drug-likeness (QED) is 0.0558. The zero-order valence-electron chi connectivity index (χ0n) is 29.7. The van der Waals surface area contributed by atoms with E-state index in [1.165, 1.54) is 89.9 Å². The molecule has 6 heteroatoms. The monoisotopic (exact) mass is 626 g/mol. The van der Waals surface area contributed by atoms with Gasteiger partial charge in [-0.3, -0.25) is 9.59 Å². The van der Waals surface area contributed by atoms with Gasteiger partial charge in [-0.25, -0.2) is 0 Å². The highest BCUT2D eigenvalue weighted by Crippen LogP contribution is 2.15. The fourth-order valence-corrected chi connectivity index (χ4v) is 5.81.